The van der Waals surface area contributed by atoms with Crippen LogP contribution in [0.4, 0.5) is 5.69 Å². The van der Waals surface area contributed by atoms with Crippen LogP contribution >= 0.6 is 0 Å². The second-order valence-electron chi connectivity index (χ2n) is 4.41. The smallest absolute Gasteiger partial charge is 0.268 e. The molecule has 16 heavy (non-hydrogen) atoms. The number of hydrogen-bond donors (Lipinski definition) is 1. The van der Waals surface area contributed by atoms with Gasteiger partial charge in [0.25, 0.3) is 5.56 Å². The van der Waals surface area contributed by atoms with Gasteiger partial charge >= 0.3 is 0 Å². The summed E-state index contributed by atoms with van der Waals surface area (Å²) in [5.74, 6) is 0. The molecule has 2 N–H and O–H groups in total. The molecule has 1 fully saturated rings. The third-order valence-corrected chi connectivity index (χ3v) is 2.79. The van der Waals surface area contributed by atoms with E-state index < -0.39 is 0 Å². The molecule has 0 amide bonds. The van der Waals surface area contributed by atoms with E-state index in [4.69, 9.17) is 5.73 Å². The topological polar surface area (TPSA) is 64.2 Å². The number of aromatic nitrogens is 2. The Balaban J connectivity index is 2.18. The zero-order chi connectivity index (χ0) is 11.5. The zero-order valence-corrected chi connectivity index (χ0v) is 9.59. The lowest BCUT2D eigenvalue weighted by Gasteiger charge is -2.17. The predicted octanol–water partition coefficient (Wildman–Crippen LogP) is 0.191. The molecule has 0 radical (unpaired) electrons. The summed E-state index contributed by atoms with van der Waals surface area (Å²) in [5.41, 5.74) is 6.51. The highest BCUT2D eigenvalue weighted by Gasteiger charge is 2.13. The van der Waals surface area contributed by atoms with Crippen molar-refractivity contribution in [1.29, 1.82) is 0 Å². The van der Waals surface area contributed by atoms with Gasteiger partial charge < -0.3 is 10.6 Å². The Kier molecular flexibility index (Phi) is 3.24. The van der Waals surface area contributed by atoms with Crippen LogP contribution in [0.1, 0.15) is 19.8 Å². The molecular formula is C11H18N4O. The molecular weight excluding hydrogens is 204 g/mol. The fraction of sp³-hybridized carbons (Fsp3) is 0.636. The van der Waals surface area contributed by atoms with Gasteiger partial charge in [0.1, 0.15) is 0 Å². The molecule has 2 heterocycles. The molecule has 88 valence electrons. The van der Waals surface area contributed by atoms with Gasteiger partial charge in [-0.1, -0.05) is 0 Å². The van der Waals surface area contributed by atoms with Crippen LogP contribution in [0.5, 0.6) is 0 Å². The molecule has 1 atom stereocenters. The Hall–Kier alpha value is -1.36. The first-order valence-corrected chi connectivity index (χ1v) is 5.74. The van der Waals surface area contributed by atoms with Crippen LogP contribution in [0.3, 0.4) is 0 Å². The first-order valence-electron chi connectivity index (χ1n) is 5.74. The van der Waals surface area contributed by atoms with E-state index >= 15 is 0 Å². The number of anilines is 1. The van der Waals surface area contributed by atoms with E-state index in [0.717, 1.165) is 18.8 Å². The van der Waals surface area contributed by atoms with Crippen LogP contribution in [0.15, 0.2) is 17.1 Å². The molecule has 0 spiro atoms. The van der Waals surface area contributed by atoms with E-state index in [1.807, 2.05) is 6.92 Å². The highest BCUT2D eigenvalue weighted by atomic mass is 16.1. The minimum absolute atomic E-state index is 0.0529. The third-order valence-electron chi connectivity index (χ3n) is 2.79. The molecule has 1 aromatic heterocycles. The normalized spacial score (nSPS) is 17.8. The second kappa shape index (κ2) is 4.65. The summed E-state index contributed by atoms with van der Waals surface area (Å²) in [6, 6.07) is 1.60. The largest absolute Gasteiger partial charge is 0.370 e. The molecule has 1 aromatic rings. The van der Waals surface area contributed by atoms with Crippen molar-refractivity contribution in [2.24, 2.45) is 5.73 Å². The van der Waals surface area contributed by atoms with Gasteiger partial charge in [-0.15, -0.1) is 0 Å². The van der Waals surface area contributed by atoms with Crippen LogP contribution in [-0.2, 0) is 6.54 Å². The lowest BCUT2D eigenvalue weighted by atomic mass is 10.3. The van der Waals surface area contributed by atoms with Crippen LogP contribution in [0.2, 0.25) is 0 Å². The number of rotatable bonds is 3. The van der Waals surface area contributed by atoms with Gasteiger partial charge in [0.15, 0.2) is 0 Å². The molecule has 0 unspecified atom stereocenters. The summed E-state index contributed by atoms with van der Waals surface area (Å²) in [5, 5.41) is 4.15. The first-order chi connectivity index (χ1) is 7.66. The van der Waals surface area contributed by atoms with Crippen molar-refractivity contribution < 1.29 is 0 Å². The summed E-state index contributed by atoms with van der Waals surface area (Å²) < 4.78 is 1.42. The monoisotopic (exact) mass is 222 g/mol. The average molecular weight is 222 g/mol. The fourth-order valence-corrected chi connectivity index (χ4v) is 1.98. The van der Waals surface area contributed by atoms with Crippen LogP contribution in [0.25, 0.3) is 0 Å². The first kappa shape index (κ1) is 11.1. The zero-order valence-electron chi connectivity index (χ0n) is 9.59. The van der Waals surface area contributed by atoms with E-state index in [2.05, 4.69) is 10.00 Å². The van der Waals surface area contributed by atoms with Crippen molar-refractivity contribution in [2.45, 2.75) is 32.4 Å². The van der Waals surface area contributed by atoms with Crippen LogP contribution < -0.4 is 16.2 Å². The fourth-order valence-electron chi connectivity index (χ4n) is 1.98. The lowest BCUT2D eigenvalue weighted by molar-refractivity contribution is 0.513. The van der Waals surface area contributed by atoms with Crippen molar-refractivity contribution in [2.75, 3.05) is 18.0 Å². The maximum absolute atomic E-state index is 11.8. The highest BCUT2D eigenvalue weighted by molar-refractivity contribution is 5.43. The Morgan fingerprint density at radius 1 is 1.50 bits per heavy atom. The van der Waals surface area contributed by atoms with E-state index in [0.29, 0.717) is 6.54 Å². The van der Waals surface area contributed by atoms with E-state index in [1.165, 1.54) is 17.5 Å². The van der Waals surface area contributed by atoms with Crippen molar-refractivity contribution in [3.8, 4) is 0 Å². The average Bonchev–Trinajstić information content (AvgIpc) is 2.73. The molecule has 0 aromatic carbocycles. The van der Waals surface area contributed by atoms with Gasteiger partial charge in [-0.25, -0.2) is 4.68 Å². The molecule has 5 nitrogen and oxygen atoms in total. The minimum Gasteiger partial charge on any atom is -0.370 e. The summed E-state index contributed by atoms with van der Waals surface area (Å²) >= 11 is 0. The highest BCUT2D eigenvalue weighted by Crippen LogP contribution is 2.16. The number of nitrogens with two attached hydrogens (primary N) is 1. The molecule has 5 heteroatoms. The van der Waals surface area contributed by atoms with Crippen LogP contribution in [0, 0.1) is 0 Å². The SMILES string of the molecule is C[C@H](N)Cn1ncc(N2CCCC2)cc1=O. The van der Waals surface area contributed by atoms with Gasteiger partial charge in [-0.2, -0.15) is 5.10 Å². The van der Waals surface area contributed by atoms with Crippen molar-refractivity contribution in [1.82, 2.24) is 9.78 Å². The Labute approximate surface area is 94.9 Å². The Bertz CT molecular complexity index is 407. The number of hydrogen-bond acceptors (Lipinski definition) is 4. The molecule has 2 rings (SSSR count). The maximum atomic E-state index is 11.8. The molecule has 0 aliphatic carbocycles. The second-order valence-corrected chi connectivity index (χ2v) is 4.41. The van der Waals surface area contributed by atoms with Gasteiger partial charge in [-0.3, -0.25) is 4.79 Å². The summed E-state index contributed by atoms with van der Waals surface area (Å²) in [7, 11) is 0. The molecule has 1 aliphatic heterocycles. The minimum atomic E-state index is -0.0679. The quantitative estimate of drug-likeness (QED) is 0.793. The standard InChI is InChI=1S/C11H18N4O/c1-9(12)8-15-11(16)6-10(7-13-15)14-4-2-3-5-14/h6-7,9H,2-5,8,12H2,1H3/t9-/m0/s1. The predicted molar refractivity (Wildman–Crippen MR) is 63.6 cm³/mol. The van der Waals surface area contributed by atoms with Gasteiger partial charge in [0, 0.05) is 25.2 Å². The molecule has 1 aliphatic rings. The van der Waals surface area contributed by atoms with Crippen LogP contribution in [-0.4, -0.2) is 28.9 Å². The van der Waals surface area contributed by atoms with Crippen molar-refractivity contribution in [3.63, 3.8) is 0 Å². The Morgan fingerprint density at radius 2 is 2.19 bits per heavy atom. The molecule has 0 bridgehead atoms. The van der Waals surface area contributed by atoms with Gasteiger partial charge in [0.2, 0.25) is 0 Å². The molecule has 1 saturated heterocycles. The van der Waals surface area contributed by atoms with E-state index in [9.17, 15) is 4.79 Å². The molecule has 0 saturated carbocycles. The maximum Gasteiger partial charge on any atom is 0.268 e. The lowest BCUT2D eigenvalue weighted by Crippen LogP contribution is -2.32. The van der Waals surface area contributed by atoms with E-state index in [-0.39, 0.29) is 11.6 Å². The Morgan fingerprint density at radius 3 is 2.75 bits per heavy atom. The third kappa shape index (κ3) is 2.41. The van der Waals surface area contributed by atoms with Gasteiger partial charge in [-0.05, 0) is 19.8 Å². The number of nitrogens with zero attached hydrogens (tertiary/aromatic N) is 3. The van der Waals surface area contributed by atoms with Crippen molar-refractivity contribution >= 4 is 5.69 Å². The summed E-state index contributed by atoms with van der Waals surface area (Å²) in [6.07, 6.45) is 4.15. The summed E-state index contributed by atoms with van der Waals surface area (Å²) in [4.78, 5) is 13.9. The van der Waals surface area contributed by atoms with Crippen molar-refractivity contribution in [3.05, 3.63) is 22.6 Å². The van der Waals surface area contributed by atoms with E-state index in [1.54, 1.807) is 12.3 Å². The van der Waals surface area contributed by atoms with Gasteiger partial charge in [0.05, 0.1) is 18.4 Å². The summed E-state index contributed by atoms with van der Waals surface area (Å²) in [6.45, 7) is 4.39.